The van der Waals surface area contributed by atoms with Crippen LogP contribution in [0.5, 0.6) is 0 Å². The molecule has 2 N–H and O–H groups in total. The molecule has 0 aliphatic carbocycles. The number of rotatable bonds is 6. The van der Waals surface area contributed by atoms with Crippen LogP contribution < -0.4 is 5.73 Å². The van der Waals surface area contributed by atoms with E-state index >= 15 is 0 Å². The Morgan fingerprint density at radius 2 is 2.05 bits per heavy atom. The fourth-order valence-electron chi connectivity index (χ4n) is 2.53. The summed E-state index contributed by atoms with van der Waals surface area (Å²) in [6.07, 6.45) is 2.44. The summed E-state index contributed by atoms with van der Waals surface area (Å²) in [4.78, 5) is 0.334. The van der Waals surface area contributed by atoms with Gasteiger partial charge in [-0.3, -0.25) is 0 Å². The summed E-state index contributed by atoms with van der Waals surface area (Å²) in [6.45, 7) is 4.20. The number of benzene rings is 1. The van der Waals surface area contributed by atoms with E-state index in [1.807, 2.05) is 19.1 Å². The van der Waals surface area contributed by atoms with Crippen molar-refractivity contribution in [2.75, 3.05) is 26.2 Å². The van der Waals surface area contributed by atoms with Crippen LogP contribution in [-0.4, -0.2) is 45.1 Å². The van der Waals surface area contributed by atoms with Crippen LogP contribution in [0.3, 0.4) is 0 Å². The van der Waals surface area contributed by atoms with E-state index in [-0.39, 0.29) is 6.10 Å². The second-order valence-electron chi connectivity index (χ2n) is 5.55. The van der Waals surface area contributed by atoms with Gasteiger partial charge >= 0.3 is 0 Å². The van der Waals surface area contributed by atoms with E-state index in [1.54, 1.807) is 10.4 Å². The number of hydrogen-bond acceptors (Lipinski definition) is 4. The lowest BCUT2D eigenvalue weighted by Gasteiger charge is -2.31. The Morgan fingerprint density at radius 3 is 2.64 bits per heavy atom. The van der Waals surface area contributed by atoms with Gasteiger partial charge in [0.05, 0.1) is 11.0 Å². The normalized spacial score (nSPS) is 17.8. The Hall–Kier alpha value is -0.470. The molecule has 0 atom stereocenters. The lowest BCUT2D eigenvalue weighted by atomic mass is 10.1. The van der Waals surface area contributed by atoms with Crippen molar-refractivity contribution < 1.29 is 13.2 Å². The second kappa shape index (κ2) is 7.88. The largest absolute Gasteiger partial charge is 0.378 e. The van der Waals surface area contributed by atoms with Crippen molar-refractivity contribution in [1.82, 2.24) is 4.31 Å². The topological polar surface area (TPSA) is 72.6 Å². The summed E-state index contributed by atoms with van der Waals surface area (Å²) in [6, 6.07) is 5.31. The highest BCUT2D eigenvalue weighted by Gasteiger charge is 2.30. The van der Waals surface area contributed by atoms with Crippen LogP contribution in [0.2, 0.25) is 0 Å². The van der Waals surface area contributed by atoms with Crippen molar-refractivity contribution in [2.24, 2.45) is 5.73 Å². The predicted molar refractivity (Wildman–Crippen MR) is 90.3 cm³/mol. The number of piperidine rings is 1. The molecule has 1 heterocycles. The molecule has 1 saturated heterocycles. The number of ether oxygens (including phenoxy) is 1. The molecule has 7 heteroatoms. The number of halogens is 1. The van der Waals surface area contributed by atoms with E-state index in [0.717, 1.165) is 24.8 Å². The monoisotopic (exact) mass is 390 g/mol. The van der Waals surface area contributed by atoms with Crippen LogP contribution in [0.4, 0.5) is 0 Å². The minimum Gasteiger partial charge on any atom is -0.378 e. The van der Waals surface area contributed by atoms with E-state index in [1.165, 1.54) is 0 Å². The fraction of sp³-hybridized carbons (Fsp3) is 0.600. The van der Waals surface area contributed by atoms with Crippen LogP contribution in [0.25, 0.3) is 0 Å². The molecule has 0 spiro atoms. The second-order valence-corrected chi connectivity index (χ2v) is 8.31. The summed E-state index contributed by atoms with van der Waals surface area (Å²) < 4.78 is 33.3. The van der Waals surface area contributed by atoms with Gasteiger partial charge in [0.1, 0.15) is 0 Å². The Labute approximate surface area is 141 Å². The van der Waals surface area contributed by atoms with Crippen LogP contribution in [0.1, 0.15) is 24.8 Å². The predicted octanol–water partition coefficient (Wildman–Crippen LogP) is 2.28. The Bertz CT molecular complexity index is 599. The lowest BCUT2D eigenvalue weighted by Crippen LogP contribution is -2.41. The highest BCUT2D eigenvalue weighted by molar-refractivity contribution is 9.10. The number of nitrogens with two attached hydrogens (primary N) is 1. The molecule has 1 aromatic carbocycles. The average Bonchev–Trinajstić information content (AvgIpc) is 2.47. The first-order valence-electron chi connectivity index (χ1n) is 7.53. The SMILES string of the molecule is Cc1ccc(S(=O)(=O)N2CCC(OCCCN)CC2)c(Br)c1. The fourth-order valence-corrected chi connectivity index (χ4v) is 5.15. The van der Waals surface area contributed by atoms with Gasteiger partial charge in [0.2, 0.25) is 10.0 Å². The van der Waals surface area contributed by atoms with E-state index in [9.17, 15) is 8.42 Å². The average molecular weight is 391 g/mol. The summed E-state index contributed by atoms with van der Waals surface area (Å²) in [7, 11) is -3.45. The third-order valence-electron chi connectivity index (χ3n) is 3.81. The maximum Gasteiger partial charge on any atom is 0.244 e. The smallest absolute Gasteiger partial charge is 0.244 e. The molecule has 1 fully saturated rings. The van der Waals surface area contributed by atoms with Gasteiger partial charge in [0, 0.05) is 24.2 Å². The minimum absolute atomic E-state index is 0.138. The summed E-state index contributed by atoms with van der Waals surface area (Å²) in [5.41, 5.74) is 6.47. The molecule has 5 nitrogen and oxygen atoms in total. The molecule has 0 saturated carbocycles. The molecule has 0 aromatic heterocycles. The highest BCUT2D eigenvalue weighted by Crippen LogP contribution is 2.28. The zero-order chi connectivity index (χ0) is 16.2. The van der Waals surface area contributed by atoms with E-state index in [4.69, 9.17) is 10.5 Å². The Morgan fingerprint density at radius 1 is 1.36 bits per heavy atom. The van der Waals surface area contributed by atoms with Crippen molar-refractivity contribution >= 4 is 26.0 Å². The van der Waals surface area contributed by atoms with Gasteiger partial charge < -0.3 is 10.5 Å². The maximum atomic E-state index is 12.7. The molecule has 1 aliphatic heterocycles. The molecule has 0 bridgehead atoms. The number of nitrogens with zero attached hydrogens (tertiary/aromatic N) is 1. The third-order valence-corrected chi connectivity index (χ3v) is 6.68. The van der Waals surface area contributed by atoms with Crippen molar-refractivity contribution in [3.63, 3.8) is 0 Å². The van der Waals surface area contributed by atoms with Crippen molar-refractivity contribution in [3.8, 4) is 0 Å². The van der Waals surface area contributed by atoms with Crippen LogP contribution in [-0.2, 0) is 14.8 Å². The lowest BCUT2D eigenvalue weighted by molar-refractivity contribution is 0.0209. The molecule has 2 rings (SSSR count). The van der Waals surface area contributed by atoms with Crippen LogP contribution in [0.15, 0.2) is 27.6 Å². The summed E-state index contributed by atoms with van der Waals surface area (Å²) >= 11 is 3.36. The van der Waals surface area contributed by atoms with Crippen molar-refractivity contribution in [2.45, 2.75) is 37.2 Å². The Balaban J connectivity index is 2.00. The molecular formula is C15H23BrN2O3S. The van der Waals surface area contributed by atoms with Crippen molar-refractivity contribution in [1.29, 1.82) is 0 Å². The zero-order valence-electron chi connectivity index (χ0n) is 12.8. The van der Waals surface area contributed by atoms with E-state index in [2.05, 4.69) is 15.9 Å². The number of aryl methyl sites for hydroxylation is 1. The molecule has 22 heavy (non-hydrogen) atoms. The third kappa shape index (κ3) is 4.29. The van der Waals surface area contributed by atoms with E-state index < -0.39 is 10.0 Å². The zero-order valence-corrected chi connectivity index (χ0v) is 15.2. The molecule has 0 unspecified atom stereocenters. The first-order valence-corrected chi connectivity index (χ1v) is 9.76. The minimum atomic E-state index is -3.45. The molecule has 1 aromatic rings. The van der Waals surface area contributed by atoms with Crippen LogP contribution in [0, 0.1) is 6.92 Å². The van der Waals surface area contributed by atoms with Crippen molar-refractivity contribution in [3.05, 3.63) is 28.2 Å². The van der Waals surface area contributed by atoms with Gasteiger partial charge in [-0.1, -0.05) is 6.07 Å². The van der Waals surface area contributed by atoms with Gasteiger partial charge in [-0.2, -0.15) is 4.31 Å². The molecule has 124 valence electrons. The molecule has 0 amide bonds. The summed E-state index contributed by atoms with van der Waals surface area (Å²) in [5.74, 6) is 0. The standard InChI is InChI=1S/C15H23BrN2O3S/c1-12-3-4-15(14(16)11-12)22(19,20)18-8-5-13(6-9-18)21-10-2-7-17/h3-4,11,13H,2,5-10,17H2,1H3. The van der Waals surface area contributed by atoms with Gasteiger partial charge in [0.25, 0.3) is 0 Å². The molecular weight excluding hydrogens is 368 g/mol. The molecule has 0 radical (unpaired) electrons. The first-order chi connectivity index (χ1) is 10.4. The van der Waals surface area contributed by atoms with Gasteiger partial charge in [-0.25, -0.2) is 8.42 Å². The highest BCUT2D eigenvalue weighted by atomic mass is 79.9. The number of sulfonamides is 1. The van der Waals surface area contributed by atoms with Gasteiger partial charge in [-0.05, 0) is 66.4 Å². The number of hydrogen-bond donors (Lipinski definition) is 1. The van der Waals surface area contributed by atoms with Gasteiger partial charge in [0.15, 0.2) is 0 Å². The molecule has 1 aliphatic rings. The maximum absolute atomic E-state index is 12.7. The first kappa shape index (κ1) is 17.9. The van der Waals surface area contributed by atoms with Gasteiger partial charge in [-0.15, -0.1) is 0 Å². The van der Waals surface area contributed by atoms with Crippen LogP contribution >= 0.6 is 15.9 Å². The summed E-state index contributed by atoms with van der Waals surface area (Å²) in [5, 5.41) is 0. The van der Waals surface area contributed by atoms with E-state index in [0.29, 0.717) is 35.6 Å². The Kier molecular flexibility index (Phi) is 6.40. The quantitative estimate of drug-likeness (QED) is 0.756.